The van der Waals surface area contributed by atoms with Gasteiger partial charge in [0.2, 0.25) is 5.89 Å². The zero-order valence-corrected chi connectivity index (χ0v) is 15.9. The van der Waals surface area contributed by atoms with Crippen LogP contribution in [0.15, 0.2) is 56.4 Å². The Morgan fingerprint density at radius 2 is 1.96 bits per heavy atom. The molecule has 0 radical (unpaired) electrons. The fourth-order valence-corrected chi connectivity index (χ4v) is 3.24. The molecular weight excluding hydrogens is 465 g/mol. The minimum Gasteiger partial charge on any atom is -0.401 e. The lowest BCUT2D eigenvalue weighted by atomic mass is 10.1. The van der Waals surface area contributed by atoms with Crippen molar-refractivity contribution in [2.24, 2.45) is 0 Å². The average Bonchev–Trinajstić information content (AvgIpc) is 3.02. The summed E-state index contributed by atoms with van der Waals surface area (Å²) < 4.78 is 46.4. The second-order valence-corrected chi connectivity index (χ2v) is 6.80. The van der Waals surface area contributed by atoms with Crippen LogP contribution in [0.3, 0.4) is 0 Å². The third kappa shape index (κ3) is 3.18. The van der Waals surface area contributed by atoms with Gasteiger partial charge in [-0.2, -0.15) is 18.3 Å². The Balaban J connectivity index is 1.98. The Morgan fingerprint density at radius 1 is 1.18 bits per heavy atom. The fraction of sp³-hybridized carbons (Fsp3) is 0.0588. The maximum Gasteiger partial charge on any atom is 0.417 e. The van der Waals surface area contributed by atoms with Crippen LogP contribution >= 0.6 is 27.5 Å². The number of aromatic nitrogens is 4. The second kappa shape index (κ2) is 6.71. The van der Waals surface area contributed by atoms with Crippen molar-refractivity contribution in [3.63, 3.8) is 0 Å². The highest BCUT2D eigenvalue weighted by atomic mass is 79.9. The first-order chi connectivity index (χ1) is 13.3. The largest absolute Gasteiger partial charge is 0.417 e. The molecule has 3 heterocycles. The maximum atomic E-state index is 13.2. The van der Waals surface area contributed by atoms with Gasteiger partial charge in [0.25, 0.3) is 0 Å². The molecule has 0 N–H and O–H groups in total. The third-order valence-electron chi connectivity index (χ3n) is 3.80. The molecule has 0 amide bonds. The highest BCUT2D eigenvalue weighted by Crippen LogP contribution is 2.34. The summed E-state index contributed by atoms with van der Waals surface area (Å²) in [6.45, 7) is 0. The molecule has 0 aliphatic heterocycles. The van der Waals surface area contributed by atoms with Gasteiger partial charge in [0.05, 0.1) is 21.5 Å². The topological polar surface area (TPSA) is 73.8 Å². The molecular formula is C17H7BrClF3N4O2. The Labute approximate surface area is 167 Å². The number of halogens is 5. The lowest BCUT2D eigenvalue weighted by molar-refractivity contribution is -0.136. The van der Waals surface area contributed by atoms with Gasteiger partial charge in [-0.1, -0.05) is 17.7 Å². The molecule has 0 saturated heterocycles. The van der Waals surface area contributed by atoms with Gasteiger partial charge in [-0.15, -0.1) is 0 Å². The first-order valence-corrected chi connectivity index (χ1v) is 8.80. The molecule has 0 unspecified atom stereocenters. The molecule has 28 heavy (non-hydrogen) atoms. The molecule has 0 spiro atoms. The van der Waals surface area contributed by atoms with Gasteiger partial charge in [0.1, 0.15) is 10.3 Å². The van der Waals surface area contributed by atoms with Crippen molar-refractivity contribution in [1.82, 2.24) is 19.7 Å². The van der Waals surface area contributed by atoms with E-state index in [-0.39, 0.29) is 27.9 Å². The molecule has 0 aliphatic carbocycles. The summed E-state index contributed by atoms with van der Waals surface area (Å²) in [7, 11) is 0. The first kappa shape index (κ1) is 18.6. The lowest BCUT2D eigenvalue weighted by Gasteiger charge is -2.10. The van der Waals surface area contributed by atoms with Crippen LogP contribution in [0.25, 0.3) is 28.3 Å². The summed E-state index contributed by atoms with van der Waals surface area (Å²) in [5.41, 5.74) is -2.25. The van der Waals surface area contributed by atoms with E-state index in [1.54, 1.807) is 12.1 Å². The monoisotopic (exact) mass is 470 g/mol. The molecule has 0 fully saturated rings. The van der Waals surface area contributed by atoms with Crippen molar-refractivity contribution in [3.05, 3.63) is 68.2 Å². The zero-order chi connectivity index (χ0) is 20.1. The van der Waals surface area contributed by atoms with E-state index in [1.165, 1.54) is 29.1 Å². The van der Waals surface area contributed by atoms with Crippen molar-refractivity contribution in [3.8, 4) is 17.4 Å². The summed E-state index contributed by atoms with van der Waals surface area (Å²) >= 11 is 9.36. The summed E-state index contributed by atoms with van der Waals surface area (Å²) in [5.74, 6) is 0.00944. The fourth-order valence-electron chi connectivity index (χ4n) is 2.66. The van der Waals surface area contributed by atoms with E-state index in [9.17, 15) is 18.0 Å². The Hall–Kier alpha value is -2.72. The molecule has 4 rings (SSSR count). The molecule has 6 nitrogen and oxygen atoms in total. The molecule has 3 aromatic heterocycles. The summed E-state index contributed by atoms with van der Waals surface area (Å²) in [6, 6.07) is 7.96. The molecule has 0 saturated carbocycles. The number of benzene rings is 1. The number of hydrogen-bond acceptors (Lipinski definition) is 5. The molecule has 0 aliphatic rings. The Kier molecular flexibility index (Phi) is 4.47. The van der Waals surface area contributed by atoms with Gasteiger partial charge in [-0.25, -0.2) is 19.4 Å². The van der Waals surface area contributed by atoms with Crippen LogP contribution in [-0.2, 0) is 6.18 Å². The number of hydrogen-bond donors (Lipinski definition) is 0. The van der Waals surface area contributed by atoms with Crippen molar-refractivity contribution >= 4 is 38.4 Å². The van der Waals surface area contributed by atoms with Crippen molar-refractivity contribution < 1.29 is 17.6 Å². The van der Waals surface area contributed by atoms with Crippen LogP contribution < -0.4 is 5.63 Å². The van der Waals surface area contributed by atoms with Crippen LogP contribution in [0.5, 0.6) is 0 Å². The zero-order valence-electron chi connectivity index (χ0n) is 13.5. The van der Waals surface area contributed by atoms with Gasteiger partial charge in [0, 0.05) is 12.3 Å². The van der Waals surface area contributed by atoms with Crippen molar-refractivity contribution in [2.75, 3.05) is 0 Å². The normalized spacial score (nSPS) is 11.9. The van der Waals surface area contributed by atoms with Gasteiger partial charge >= 0.3 is 11.8 Å². The minimum absolute atomic E-state index is 0.155. The highest BCUT2D eigenvalue weighted by Gasteiger charge is 2.34. The molecule has 0 bridgehead atoms. The molecule has 0 atom stereocenters. The smallest absolute Gasteiger partial charge is 0.401 e. The quantitative estimate of drug-likeness (QED) is 0.417. The van der Waals surface area contributed by atoms with E-state index in [1.807, 2.05) is 0 Å². The molecule has 1 aromatic carbocycles. The van der Waals surface area contributed by atoms with E-state index in [0.29, 0.717) is 4.60 Å². The van der Waals surface area contributed by atoms with Crippen LogP contribution in [-0.4, -0.2) is 19.7 Å². The second-order valence-electron chi connectivity index (χ2n) is 5.58. The summed E-state index contributed by atoms with van der Waals surface area (Å²) in [5, 5.41) is 3.82. The van der Waals surface area contributed by atoms with Gasteiger partial charge in [-0.3, -0.25) is 0 Å². The van der Waals surface area contributed by atoms with Crippen molar-refractivity contribution in [1.29, 1.82) is 0 Å². The van der Waals surface area contributed by atoms with Gasteiger partial charge < -0.3 is 4.42 Å². The average molecular weight is 472 g/mol. The number of alkyl halides is 3. The lowest BCUT2D eigenvalue weighted by Crippen LogP contribution is -2.13. The minimum atomic E-state index is -4.72. The van der Waals surface area contributed by atoms with Gasteiger partial charge in [0.15, 0.2) is 5.82 Å². The highest BCUT2D eigenvalue weighted by molar-refractivity contribution is 9.10. The van der Waals surface area contributed by atoms with Crippen LogP contribution in [0.1, 0.15) is 5.56 Å². The van der Waals surface area contributed by atoms with Crippen molar-refractivity contribution in [2.45, 2.75) is 6.18 Å². The van der Waals surface area contributed by atoms with Crippen LogP contribution in [0.4, 0.5) is 13.2 Å². The first-order valence-electron chi connectivity index (χ1n) is 7.63. The Bertz CT molecular complexity index is 1270. The standard InChI is InChI=1S/C17H7BrClF3N4O2/c18-12-7-11(26(25-12)14-9(19)4-2-6-23-14)15-24-10-5-1-3-8(17(20,21)22)13(10)16(27)28-15/h1-7H. The third-order valence-corrected chi connectivity index (χ3v) is 4.48. The van der Waals surface area contributed by atoms with E-state index < -0.39 is 22.8 Å². The number of pyridine rings is 1. The number of nitrogens with zero attached hydrogens (tertiary/aromatic N) is 4. The van der Waals surface area contributed by atoms with E-state index >= 15 is 0 Å². The summed E-state index contributed by atoms with van der Waals surface area (Å²) in [6.07, 6.45) is -3.23. The maximum absolute atomic E-state index is 13.2. The number of fused-ring (bicyclic) bond motifs is 1. The molecule has 142 valence electrons. The Morgan fingerprint density at radius 3 is 2.68 bits per heavy atom. The predicted molar refractivity (Wildman–Crippen MR) is 98.3 cm³/mol. The molecule has 11 heteroatoms. The van der Waals surface area contributed by atoms with E-state index in [4.69, 9.17) is 16.0 Å². The number of rotatable bonds is 2. The van der Waals surface area contributed by atoms with Crippen LogP contribution in [0.2, 0.25) is 5.02 Å². The SMILES string of the molecule is O=c1oc(-c2cc(Br)nn2-c2ncccc2Cl)nc2cccc(C(F)(F)F)c12. The predicted octanol–water partition coefficient (Wildman–Crippen LogP) is 4.87. The van der Waals surface area contributed by atoms with E-state index in [0.717, 1.165) is 6.07 Å². The van der Waals surface area contributed by atoms with E-state index in [2.05, 4.69) is 31.0 Å². The van der Waals surface area contributed by atoms with Crippen LogP contribution in [0, 0.1) is 0 Å². The summed E-state index contributed by atoms with van der Waals surface area (Å²) in [4.78, 5) is 20.6. The van der Waals surface area contributed by atoms with Gasteiger partial charge in [-0.05, 0) is 40.2 Å². The molecule has 4 aromatic rings.